The lowest BCUT2D eigenvalue weighted by Gasteiger charge is -2.15. The summed E-state index contributed by atoms with van der Waals surface area (Å²) in [6.45, 7) is 4.05. The molecule has 0 bridgehead atoms. The van der Waals surface area contributed by atoms with Crippen LogP contribution >= 0.6 is 11.3 Å². The Balaban J connectivity index is 1.27. The van der Waals surface area contributed by atoms with Crippen molar-refractivity contribution in [2.45, 2.75) is 19.3 Å². The Kier molecular flexibility index (Phi) is 7.41. The van der Waals surface area contributed by atoms with Gasteiger partial charge in [-0.3, -0.25) is 4.90 Å². The number of nitrogens with two attached hydrogens (primary N) is 1. The van der Waals surface area contributed by atoms with Crippen LogP contribution < -0.4 is 20.5 Å². The van der Waals surface area contributed by atoms with Crippen LogP contribution in [0.15, 0.2) is 72.3 Å². The van der Waals surface area contributed by atoms with Gasteiger partial charge in [0, 0.05) is 12.2 Å². The summed E-state index contributed by atoms with van der Waals surface area (Å²) in [7, 11) is 0. The van der Waals surface area contributed by atoms with Crippen molar-refractivity contribution < 1.29 is 9.47 Å². The number of hydrogen-bond donors (Lipinski definition) is 2. The Morgan fingerprint density at radius 2 is 1.89 bits per heavy atom. The molecule has 1 aliphatic rings. The summed E-state index contributed by atoms with van der Waals surface area (Å²) in [6, 6.07) is 17.8. The lowest BCUT2D eigenvalue weighted by molar-refractivity contribution is 0.238. The minimum Gasteiger partial charge on any atom is -0.492 e. The normalized spacial score (nSPS) is 14.1. The number of rotatable bonds is 10. The first-order chi connectivity index (χ1) is 17.3. The minimum atomic E-state index is 0.482. The molecule has 5 rings (SSSR count). The van der Waals surface area contributed by atoms with Crippen molar-refractivity contribution in [2.75, 3.05) is 31.6 Å². The van der Waals surface area contributed by atoms with Crippen molar-refractivity contribution in [3.05, 3.63) is 77.8 Å². The van der Waals surface area contributed by atoms with Crippen molar-refractivity contribution in [3.63, 3.8) is 0 Å². The number of likely N-dealkylation sites (tertiary alicyclic amines) is 1. The number of hydrogen-bond acceptors (Lipinski definition) is 8. The van der Waals surface area contributed by atoms with E-state index in [1.165, 1.54) is 25.9 Å². The van der Waals surface area contributed by atoms with Gasteiger partial charge in [-0.1, -0.05) is 18.2 Å². The van der Waals surface area contributed by atoms with Gasteiger partial charge in [0.05, 0.1) is 5.52 Å². The molecule has 180 valence electrons. The molecule has 0 atom stereocenters. The van der Waals surface area contributed by atoms with Gasteiger partial charge in [0.2, 0.25) is 11.8 Å². The number of aromatic nitrogens is 2. The zero-order valence-corrected chi connectivity index (χ0v) is 20.3. The standard InChI is InChI=1S/C27H29N5O2S/c28-13-4-6-20-5-3-7-23(19-20)34-26-25-24(12-18-35-25)30-27(31-26)29-21-8-10-22(11-9-21)33-17-16-32-14-1-2-15-32/h3-5,7-13,18-19H,1-2,6,14-17,28H2,(H,29,30,31). The predicted octanol–water partition coefficient (Wildman–Crippen LogP) is 5.72. The van der Waals surface area contributed by atoms with E-state index in [1.54, 1.807) is 17.5 Å². The number of allylic oxidation sites excluding steroid dienone is 1. The topological polar surface area (TPSA) is 85.5 Å². The van der Waals surface area contributed by atoms with Gasteiger partial charge in [-0.05, 0) is 92.0 Å². The fourth-order valence-electron chi connectivity index (χ4n) is 4.08. The Labute approximate surface area is 209 Å². The molecule has 8 heteroatoms. The van der Waals surface area contributed by atoms with Crippen LogP contribution in [0.25, 0.3) is 10.2 Å². The van der Waals surface area contributed by atoms with E-state index in [2.05, 4.69) is 20.2 Å². The molecular weight excluding hydrogens is 458 g/mol. The number of thiophene rings is 1. The SMILES string of the molecule is NC=CCc1cccc(Oc2nc(Nc3ccc(OCCN4CCCC4)cc3)nc3ccsc23)c1. The molecule has 0 aliphatic carbocycles. The molecule has 3 N–H and O–H groups in total. The molecule has 0 saturated carbocycles. The van der Waals surface area contributed by atoms with Crippen molar-refractivity contribution >= 4 is 33.2 Å². The maximum absolute atomic E-state index is 6.19. The summed E-state index contributed by atoms with van der Waals surface area (Å²) < 4.78 is 13.0. The molecule has 0 amide bonds. The minimum absolute atomic E-state index is 0.482. The zero-order valence-electron chi connectivity index (χ0n) is 19.5. The van der Waals surface area contributed by atoms with Gasteiger partial charge in [-0.2, -0.15) is 4.98 Å². The van der Waals surface area contributed by atoms with Crippen molar-refractivity contribution in [1.29, 1.82) is 0 Å². The van der Waals surface area contributed by atoms with Crippen molar-refractivity contribution in [2.24, 2.45) is 5.73 Å². The molecule has 2 aromatic heterocycles. The number of nitrogens with one attached hydrogen (secondary N) is 1. The van der Waals surface area contributed by atoms with Gasteiger partial charge >= 0.3 is 0 Å². The van der Waals surface area contributed by atoms with Gasteiger partial charge in [0.25, 0.3) is 0 Å². The average molecular weight is 488 g/mol. The average Bonchev–Trinajstić information content (AvgIpc) is 3.57. The predicted molar refractivity (Wildman–Crippen MR) is 142 cm³/mol. The summed E-state index contributed by atoms with van der Waals surface area (Å²) in [5, 5.41) is 5.29. The first-order valence-electron chi connectivity index (χ1n) is 11.9. The molecule has 1 fully saturated rings. The summed E-state index contributed by atoms with van der Waals surface area (Å²) in [5.74, 6) is 2.59. The molecule has 7 nitrogen and oxygen atoms in total. The van der Waals surface area contributed by atoms with E-state index in [-0.39, 0.29) is 0 Å². The first-order valence-corrected chi connectivity index (χ1v) is 12.8. The number of fused-ring (bicyclic) bond motifs is 1. The zero-order chi connectivity index (χ0) is 23.9. The number of ether oxygens (including phenoxy) is 2. The maximum atomic E-state index is 6.19. The lowest BCUT2D eigenvalue weighted by atomic mass is 10.1. The molecule has 3 heterocycles. The monoisotopic (exact) mass is 487 g/mol. The second kappa shape index (κ2) is 11.2. The molecule has 0 unspecified atom stereocenters. The van der Waals surface area contributed by atoms with Crippen LogP contribution in [0.5, 0.6) is 17.4 Å². The maximum Gasteiger partial charge on any atom is 0.242 e. The van der Waals surface area contributed by atoms with Crippen molar-refractivity contribution in [3.8, 4) is 17.4 Å². The molecule has 4 aromatic rings. The second-order valence-corrected chi connectivity index (χ2v) is 9.33. The van der Waals surface area contributed by atoms with E-state index in [0.29, 0.717) is 18.4 Å². The highest BCUT2D eigenvalue weighted by molar-refractivity contribution is 7.17. The number of anilines is 2. The Bertz CT molecular complexity index is 1280. The fourth-order valence-corrected chi connectivity index (χ4v) is 4.83. The Morgan fingerprint density at radius 3 is 2.71 bits per heavy atom. The number of benzene rings is 2. The lowest BCUT2D eigenvalue weighted by Crippen LogP contribution is -2.25. The summed E-state index contributed by atoms with van der Waals surface area (Å²) in [4.78, 5) is 11.8. The first kappa shape index (κ1) is 23.1. The van der Waals surface area contributed by atoms with Crippen LogP contribution in [0.2, 0.25) is 0 Å². The Morgan fingerprint density at radius 1 is 1.03 bits per heavy atom. The third-order valence-electron chi connectivity index (χ3n) is 5.86. The van der Waals surface area contributed by atoms with E-state index >= 15 is 0 Å². The molecule has 0 radical (unpaired) electrons. The van der Waals surface area contributed by atoms with E-state index in [4.69, 9.17) is 15.2 Å². The van der Waals surface area contributed by atoms with Crippen LogP contribution in [0.4, 0.5) is 11.6 Å². The van der Waals surface area contributed by atoms with Crippen LogP contribution in [-0.4, -0.2) is 41.1 Å². The fraction of sp³-hybridized carbons (Fsp3) is 0.259. The smallest absolute Gasteiger partial charge is 0.242 e. The van der Waals surface area contributed by atoms with Gasteiger partial charge in [0.15, 0.2) is 0 Å². The molecule has 35 heavy (non-hydrogen) atoms. The van der Waals surface area contributed by atoms with Crippen molar-refractivity contribution in [1.82, 2.24) is 14.9 Å². The molecule has 1 saturated heterocycles. The van der Waals surface area contributed by atoms with Crippen LogP contribution in [0.1, 0.15) is 18.4 Å². The summed E-state index contributed by atoms with van der Waals surface area (Å²) in [5.41, 5.74) is 8.31. The molecular formula is C27H29N5O2S. The molecule has 0 spiro atoms. The third kappa shape index (κ3) is 6.09. The third-order valence-corrected chi connectivity index (χ3v) is 6.75. The summed E-state index contributed by atoms with van der Waals surface area (Å²) in [6.07, 6.45) is 6.80. The van der Waals surface area contributed by atoms with Gasteiger partial charge in [0.1, 0.15) is 22.8 Å². The largest absolute Gasteiger partial charge is 0.492 e. The van der Waals surface area contributed by atoms with E-state index in [9.17, 15) is 0 Å². The Hall–Kier alpha value is -3.62. The van der Waals surface area contributed by atoms with E-state index < -0.39 is 0 Å². The van der Waals surface area contributed by atoms with Crippen LogP contribution in [0, 0.1) is 0 Å². The quantitative estimate of drug-likeness (QED) is 0.296. The van der Waals surface area contributed by atoms with Crippen LogP contribution in [-0.2, 0) is 6.42 Å². The van der Waals surface area contributed by atoms with Gasteiger partial charge in [-0.15, -0.1) is 11.3 Å². The highest BCUT2D eigenvalue weighted by Gasteiger charge is 2.13. The highest BCUT2D eigenvalue weighted by Crippen LogP contribution is 2.33. The van der Waals surface area contributed by atoms with E-state index in [1.807, 2.05) is 66.1 Å². The van der Waals surface area contributed by atoms with E-state index in [0.717, 1.165) is 45.9 Å². The number of nitrogens with zero attached hydrogens (tertiary/aromatic N) is 3. The highest BCUT2D eigenvalue weighted by atomic mass is 32.1. The molecule has 1 aliphatic heterocycles. The van der Waals surface area contributed by atoms with Crippen LogP contribution in [0.3, 0.4) is 0 Å². The molecule has 2 aromatic carbocycles. The van der Waals surface area contributed by atoms with Gasteiger partial charge in [-0.25, -0.2) is 4.98 Å². The second-order valence-electron chi connectivity index (χ2n) is 8.42. The van der Waals surface area contributed by atoms with Gasteiger partial charge < -0.3 is 20.5 Å². The summed E-state index contributed by atoms with van der Waals surface area (Å²) >= 11 is 1.56.